The lowest BCUT2D eigenvalue weighted by atomic mass is 9.84. The van der Waals surface area contributed by atoms with Crippen LogP contribution in [0.5, 0.6) is 0 Å². The lowest BCUT2D eigenvalue weighted by Gasteiger charge is -2.26. The summed E-state index contributed by atoms with van der Waals surface area (Å²) in [7, 11) is 0. The van der Waals surface area contributed by atoms with Gasteiger partial charge >= 0.3 is 0 Å². The summed E-state index contributed by atoms with van der Waals surface area (Å²) < 4.78 is 1.07. The molecule has 0 saturated carbocycles. The van der Waals surface area contributed by atoms with Crippen LogP contribution in [0.4, 0.5) is 0 Å². The smallest absolute Gasteiger partial charge is 0.233 e. The Bertz CT molecular complexity index is 413. The predicted molar refractivity (Wildman–Crippen MR) is 83.3 cm³/mol. The van der Waals surface area contributed by atoms with Crippen molar-refractivity contribution in [3.63, 3.8) is 0 Å². The van der Waals surface area contributed by atoms with Gasteiger partial charge in [-0.1, -0.05) is 55.8 Å². The number of benzene rings is 1. The number of hydrogen-bond acceptors (Lipinski definition) is 2. The van der Waals surface area contributed by atoms with Crippen molar-refractivity contribution >= 4 is 21.8 Å². The number of hydrogen-bond donors (Lipinski definition) is 2. The maximum Gasteiger partial charge on any atom is 0.233 e. The molecule has 1 amide bonds. The van der Waals surface area contributed by atoms with Crippen LogP contribution in [0.2, 0.25) is 0 Å². The summed E-state index contributed by atoms with van der Waals surface area (Å²) in [5, 5.41) is 6.09. The summed E-state index contributed by atoms with van der Waals surface area (Å²) >= 11 is 3.43. The van der Waals surface area contributed by atoms with E-state index in [2.05, 4.69) is 52.5 Å². The summed E-state index contributed by atoms with van der Waals surface area (Å²) in [5.74, 6) is 0.0406. The molecular formula is C15H23BrN2O. The average Bonchev–Trinajstić information content (AvgIpc) is 2.34. The molecule has 0 radical (unpaired) electrons. The highest BCUT2D eigenvalue weighted by Crippen LogP contribution is 2.23. The minimum atomic E-state index is -0.0752. The third-order valence-electron chi connectivity index (χ3n) is 3.02. The second kappa shape index (κ2) is 7.06. The zero-order chi connectivity index (χ0) is 14.5. The van der Waals surface area contributed by atoms with Crippen LogP contribution in [0, 0.1) is 0 Å². The second-order valence-electron chi connectivity index (χ2n) is 5.70. The van der Waals surface area contributed by atoms with Crippen molar-refractivity contribution < 1.29 is 4.79 Å². The molecule has 0 aromatic heterocycles. The molecule has 1 aromatic rings. The molecule has 2 N–H and O–H groups in total. The quantitative estimate of drug-likeness (QED) is 0.844. The molecule has 0 saturated heterocycles. The van der Waals surface area contributed by atoms with E-state index >= 15 is 0 Å². The topological polar surface area (TPSA) is 41.1 Å². The normalized spacial score (nSPS) is 11.7. The molecule has 0 fully saturated rings. The van der Waals surface area contributed by atoms with Crippen LogP contribution in [0.3, 0.4) is 0 Å². The third kappa shape index (κ3) is 5.74. The maximum atomic E-state index is 11.7. The first-order valence-corrected chi connectivity index (χ1v) is 7.37. The van der Waals surface area contributed by atoms with Crippen molar-refractivity contribution in [2.24, 2.45) is 0 Å². The Kier molecular flexibility index (Phi) is 6.01. The minimum absolute atomic E-state index is 0.0406. The van der Waals surface area contributed by atoms with E-state index in [0.29, 0.717) is 19.1 Å². The lowest BCUT2D eigenvalue weighted by Crippen LogP contribution is -2.42. The van der Waals surface area contributed by atoms with E-state index < -0.39 is 0 Å². The average molecular weight is 327 g/mol. The summed E-state index contributed by atoms with van der Waals surface area (Å²) in [4.78, 5) is 11.7. The van der Waals surface area contributed by atoms with Crippen molar-refractivity contribution in [1.29, 1.82) is 0 Å². The van der Waals surface area contributed by atoms with Crippen molar-refractivity contribution in [2.75, 3.05) is 13.1 Å². The zero-order valence-electron chi connectivity index (χ0n) is 12.1. The van der Waals surface area contributed by atoms with Crippen molar-refractivity contribution in [1.82, 2.24) is 10.6 Å². The molecule has 0 unspecified atom stereocenters. The van der Waals surface area contributed by atoms with Gasteiger partial charge in [0.1, 0.15) is 0 Å². The molecule has 0 spiro atoms. The molecule has 0 atom stereocenters. The van der Waals surface area contributed by atoms with Gasteiger partial charge in [-0.2, -0.15) is 0 Å². The monoisotopic (exact) mass is 326 g/mol. The van der Waals surface area contributed by atoms with E-state index in [9.17, 15) is 4.79 Å². The van der Waals surface area contributed by atoms with E-state index in [1.807, 2.05) is 26.0 Å². The Balaban J connectivity index is 2.50. The van der Waals surface area contributed by atoms with Crippen LogP contribution >= 0.6 is 15.9 Å². The van der Waals surface area contributed by atoms with E-state index in [-0.39, 0.29) is 11.3 Å². The maximum absolute atomic E-state index is 11.7. The fourth-order valence-electron chi connectivity index (χ4n) is 1.68. The summed E-state index contributed by atoms with van der Waals surface area (Å²) in [5.41, 5.74) is 1.14. The number of carbonyl (C=O) groups is 1. The minimum Gasteiger partial charge on any atom is -0.354 e. The highest BCUT2D eigenvalue weighted by atomic mass is 79.9. The standard InChI is InChI=1S/C15H23BrN2O/c1-11(2)17-9-14(19)18-10-15(3,4)12-5-7-13(16)8-6-12/h5-8,11,17H,9-10H2,1-4H3,(H,18,19). The first kappa shape index (κ1) is 16.2. The van der Waals surface area contributed by atoms with Gasteiger partial charge in [0.05, 0.1) is 6.54 Å². The summed E-state index contributed by atoms with van der Waals surface area (Å²) in [6.45, 7) is 9.32. The molecule has 4 heteroatoms. The Morgan fingerprint density at radius 1 is 1.26 bits per heavy atom. The van der Waals surface area contributed by atoms with Crippen LogP contribution in [0.1, 0.15) is 33.3 Å². The van der Waals surface area contributed by atoms with Gasteiger partial charge in [-0.15, -0.1) is 0 Å². The number of rotatable bonds is 6. The Hall–Kier alpha value is -0.870. The van der Waals surface area contributed by atoms with Crippen LogP contribution in [-0.2, 0) is 10.2 Å². The third-order valence-corrected chi connectivity index (χ3v) is 3.55. The molecular weight excluding hydrogens is 304 g/mol. The largest absolute Gasteiger partial charge is 0.354 e. The molecule has 0 aliphatic heterocycles. The fraction of sp³-hybridized carbons (Fsp3) is 0.533. The van der Waals surface area contributed by atoms with Crippen molar-refractivity contribution in [3.05, 3.63) is 34.3 Å². The summed E-state index contributed by atoms with van der Waals surface area (Å²) in [6.07, 6.45) is 0. The Morgan fingerprint density at radius 3 is 2.37 bits per heavy atom. The van der Waals surface area contributed by atoms with Crippen molar-refractivity contribution in [2.45, 2.75) is 39.2 Å². The molecule has 1 rings (SSSR count). The van der Waals surface area contributed by atoms with Gasteiger partial charge in [0.25, 0.3) is 0 Å². The van der Waals surface area contributed by atoms with Gasteiger partial charge in [0.2, 0.25) is 5.91 Å². The molecule has 0 aliphatic carbocycles. The van der Waals surface area contributed by atoms with Crippen LogP contribution in [0.15, 0.2) is 28.7 Å². The molecule has 3 nitrogen and oxygen atoms in total. The first-order valence-electron chi connectivity index (χ1n) is 6.57. The highest BCUT2D eigenvalue weighted by Gasteiger charge is 2.21. The van der Waals surface area contributed by atoms with Gasteiger partial charge in [-0.05, 0) is 17.7 Å². The van der Waals surface area contributed by atoms with Gasteiger partial charge in [-0.3, -0.25) is 4.79 Å². The molecule has 19 heavy (non-hydrogen) atoms. The predicted octanol–water partition coefficient (Wildman–Crippen LogP) is 2.84. The molecule has 0 bridgehead atoms. The lowest BCUT2D eigenvalue weighted by molar-refractivity contribution is -0.120. The van der Waals surface area contributed by atoms with Crippen LogP contribution in [0.25, 0.3) is 0 Å². The molecule has 0 heterocycles. The number of amides is 1. The highest BCUT2D eigenvalue weighted by molar-refractivity contribution is 9.10. The van der Waals surface area contributed by atoms with E-state index in [4.69, 9.17) is 0 Å². The summed E-state index contributed by atoms with van der Waals surface area (Å²) in [6, 6.07) is 8.55. The number of nitrogens with one attached hydrogen (secondary N) is 2. The van der Waals surface area contributed by atoms with Gasteiger partial charge < -0.3 is 10.6 Å². The number of halogens is 1. The zero-order valence-corrected chi connectivity index (χ0v) is 13.7. The van der Waals surface area contributed by atoms with E-state index in [1.165, 1.54) is 5.56 Å². The molecule has 106 valence electrons. The Labute approximate surface area is 124 Å². The molecule has 1 aromatic carbocycles. The van der Waals surface area contributed by atoms with Crippen LogP contribution < -0.4 is 10.6 Å². The van der Waals surface area contributed by atoms with Crippen molar-refractivity contribution in [3.8, 4) is 0 Å². The second-order valence-corrected chi connectivity index (χ2v) is 6.62. The van der Waals surface area contributed by atoms with Crippen LogP contribution in [-0.4, -0.2) is 25.0 Å². The SMILES string of the molecule is CC(C)NCC(=O)NCC(C)(C)c1ccc(Br)cc1. The van der Waals surface area contributed by atoms with E-state index in [1.54, 1.807) is 0 Å². The van der Waals surface area contributed by atoms with E-state index in [0.717, 1.165) is 4.47 Å². The molecule has 0 aliphatic rings. The van der Waals surface area contributed by atoms with Gasteiger partial charge in [0, 0.05) is 22.5 Å². The fourth-order valence-corrected chi connectivity index (χ4v) is 1.95. The van der Waals surface area contributed by atoms with Gasteiger partial charge in [-0.25, -0.2) is 0 Å². The Morgan fingerprint density at radius 2 is 1.84 bits per heavy atom. The first-order chi connectivity index (χ1) is 8.81. The van der Waals surface area contributed by atoms with Gasteiger partial charge in [0.15, 0.2) is 0 Å². The number of carbonyl (C=O) groups excluding carboxylic acids is 1.